The lowest BCUT2D eigenvalue weighted by Gasteiger charge is -2.38. The van der Waals surface area contributed by atoms with Crippen molar-refractivity contribution in [3.63, 3.8) is 0 Å². The maximum Gasteiger partial charge on any atom is 0.262 e. The molecular formula is C18H17ClF2N2O3. The van der Waals surface area contributed by atoms with Crippen LogP contribution in [0.1, 0.15) is 29.7 Å². The third kappa shape index (κ3) is 3.18. The first-order valence-electron chi connectivity index (χ1n) is 8.00. The number of amides is 1. The van der Waals surface area contributed by atoms with E-state index < -0.39 is 29.6 Å². The van der Waals surface area contributed by atoms with Crippen LogP contribution in [-0.4, -0.2) is 27.7 Å². The smallest absolute Gasteiger partial charge is 0.262 e. The molecule has 5 nitrogen and oxygen atoms in total. The van der Waals surface area contributed by atoms with Gasteiger partial charge < -0.3 is 15.5 Å². The number of aromatic nitrogens is 1. The van der Waals surface area contributed by atoms with Gasteiger partial charge in [-0.3, -0.25) is 9.78 Å². The monoisotopic (exact) mass is 382 g/mol. The molecule has 0 bridgehead atoms. The van der Waals surface area contributed by atoms with Gasteiger partial charge in [0.2, 0.25) is 5.67 Å². The number of hydrogen-bond donors (Lipinski definition) is 3. The number of fused-ring (bicyclic) bond motifs is 1. The second-order valence-electron chi connectivity index (χ2n) is 6.31. The lowest BCUT2D eigenvalue weighted by molar-refractivity contribution is -0.138. The summed E-state index contributed by atoms with van der Waals surface area (Å²) < 4.78 is 29.4. The molecule has 2 atom stereocenters. The third-order valence-electron chi connectivity index (χ3n) is 4.63. The maximum absolute atomic E-state index is 15.5. The average Bonchev–Trinajstić information content (AvgIpc) is 2.64. The lowest BCUT2D eigenvalue weighted by Crippen LogP contribution is -2.49. The summed E-state index contributed by atoms with van der Waals surface area (Å²) in [5.74, 6) is -1.56. The third-order valence-corrected chi connectivity index (χ3v) is 4.87. The van der Waals surface area contributed by atoms with Gasteiger partial charge in [0.25, 0.3) is 5.91 Å². The fourth-order valence-corrected chi connectivity index (χ4v) is 3.26. The summed E-state index contributed by atoms with van der Waals surface area (Å²) in [6.07, 6.45) is 0.844. The number of aliphatic hydroxyl groups is 2. The predicted octanol–water partition coefficient (Wildman–Crippen LogP) is 2.33. The van der Waals surface area contributed by atoms with E-state index in [-0.39, 0.29) is 41.2 Å². The van der Waals surface area contributed by atoms with Gasteiger partial charge in [0.1, 0.15) is 11.4 Å². The van der Waals surface area contributed by atoms with E-state index in [1.165, 1.54) is 30.5 Å². The Morgan fingerprint density at radius 1 is 1.35 bits per heavy atom. The molecule has 0 unspecified atom stereocenters. The van der Waals surface area contributed by atoms with Crippen molar-refractivity contribution in [2.75, 3.05) is 6.61 Å². The molecule has 8 heteroatoms. The van der Waals surface area contributed by atoms with E-state index in [1.54, 1.807) is 0 Å². The van der Waals surface area contributed by atoms with Crippen LogP contribution < -0.4 is 5.32 Å². The molecule has 26 heavy (non-hydrogen) atoms. The summed E-state index contributed by atoms with van der Waals surface area (Å²) in [5.41, 5.74) is -4.13. The standard InChI is InChI=1S/C18H17ClF2N2O3/c19-12-4-3-11(14(20)8-12)9-23-16(25)18(21)6-5-17(26,10-24)15-13(18)2-1-7-22-15/h1-4,7-8,24,26H,5-6,9-10H2,(H,23,25)/t17-,18+/m1/s1. The summed E-state index contributed by atoms with van der Waals surface area (Å²) in [4.78, 5) is 16.5. The highest BCUT2D eigenvalue weighted by atomic mass is 35.5. The molecule has 1 heterocycles. The van der Waals surface area contributed by atoms with Crippen molar-refractivity contribution < 1.29 is 23.8 Å². The number of nitrogens with one attached hydrogen (secondary N) is 1. The summed E-state index contributed by atoms with van der Waals surface area (Å²) in [5, 5.41) is 22.5. The molecule has 1 aliphatic rings. The molecule has 0 fully saturated rings. The number of halogens is 3. The zero-order valence-electron chi connectivity index (χ0n) is 13.7. The van der Waals surface area contributed by atoms with E-state index in [1.807, 2.05) is 0 Å². The van der Waals surface area contributed by atoms with Crippen LogP contribution in [0.2, 0.25) is 5.02 Å². The highest BCUT2D eigenvalue weighted by Gasteiger charge is 2.51. The Kier molecular flexibility index (Phi) is 4.96. The van der Waals surface area contributed by atoms with Gasteiger partial charge >= 0.3 is 0 Å². The molecule has 0 spiro atoms. The summed E-state index contributed by atoms with van der Waals surface area (Å²) >= 11 is 5.68. The van der Waals surface area contributed by atoms with Crippen LogP contribution in [0.3, 0.4) is 0 Å². The number of hydrogen-bond acceptors (Lipinski definition) is 4. The van der Waals surface area contributed by atoms with Crippen LogP contribution >= 0.6 is 11.6 Å². The quantitative estimate of drug-likeness (QED) is 0.758. The minimum Gasteiger partial charge on any atom is -0.393 e. The van der Waals surface area contributed by atoms with E-state index in [0.29, 0.717) is 0 Å². The molecular weight excluding hydrogens is 366 g/mol. The molecule has 0 saturated carbocycles. The molecule has 2 aromatic rings. The van der Waals surface area contributed by atoms with Gasteiger partial charge in [-0.2, -0.15) is 0 Å². The van der Waals surface area contributed by atoms with Crippen molar-refractivity contribution in [2.24, 2.45) is 0 Å². The zero-order valence-corrected chi connectivity index (χ0v) is 14.4. The van der Waals surface area contributed by atoms with E-state index >= 15 is 4.39 Å². The average molecular weight is 383 g/mol. The van der Waals surface area contributed by atoms with Crippen LogP contribution in [0.25, 0.3) is 0 Å². The summed E-state index contributed by atoms with van der Waals surface area (Å²) in [7, 11) is 0. The van der Waals surface area contributed by atoms with Crippen molar-refractivity contribution in [1.29, 1.82) is 0 Å². The fraction of sp³-hybridized carbons (Fsp3) is 0.333. The largest absolute Gasteiger partial charge is 0.393 e. The number of carbonyl (C=O) groups is 1. The summed E-state index contributed by atoms with van der Waals surface area (Å²) in [6.45, 7) is -0.849. The lowest BCUT2D eigenvalue weighted by atomic mass is 9.74. The molecule has 1 aliphatic carbocycles. The second kappa shape index (κ2) is 6.90. The molecule has 1 aromatic carbocycles. The zero-order chi connectivity index (χ0) is 18.9. The summed E-state index contributed by atoms with van der Waals surface area (Å²) in [6, 6.07) is 6.78. The Balaban J connectivity index is 1.85. The topological polar surface area (TPSA) is 82.5 Å². The van der Waals surface area contributed by atoms with Gasteiger partial charge in [-0.1, -0.05) is 23.7 Å². The molecule has 1 aromatic heterocycles. The van der Waals surface area contributed by atoms with E-state index in [2.05, 4.69) is 10.3 Å². The molecule has 3 rings (SSSR count). The van der Waals surface area contributed by atoms with Gasteiger partial charge in [-0.05, 0) is 31.0 Å². The number of nitrogens with zero attached hydrogens (tertiary/aromatic N) is 1. The van der Waals surface area contributed by atoms with Crippen LogP contribution in [0.4, 0.5) is 8.78 Å². The predicted molar refractivity (Wildman–Crippen MR) is 90.5 cm³/mol. The van der Waals surface area contributed by atoms with E-state index in [9.17, 15) is 19.4 Å². The maximum atomic E-state index is 15.5. The van der Waals surface area contributed by atoms with Crippen molar-refractivity contribution in [2.45, 2.75) is 30.7 Å². The van der Waals surface area contributed by atoms with Crippen molar-refractivity contribution in [3.05, 3.63) is 64.2 Å². The number of carbonyl (C=O) groups excluding carboxylic acids is 1. The Labute approximate surface area is 153 Å². The van der Waals surface area contributed by atoms with E-state index in [0.717, 1.165) is 6.07 Å². The number of aliphatic hydroxyl groups excluding tert-OH is 1. The van der Waals surface area contributed by atoms with Gasteiger partial charge in [-0.25, -0.2) is 8.78 Å². The van der Waals surface area contributed by atoms with Crippen molar-refractivity contribution >= 4 is 17.5 Å². The first-order chi connectivity index (χ1) is 12.3. The van der Waals surface area contributed by atoms with Crippen LogP contribution in [0.15, 0.2) is 36.5 Å². The Morgan fingerprint density at radius 2 is 2.12 bits per heavy atom. The number of pyridine rings is 1. The molecule has 0 aliphatic heterocycles. The molecule has 0 saturated heterocycles. The molecule has 1 amide bonds. The normalized spacial score (nSPS) is 24.8. The fourth-order valence-electron chi connectivity index (χ4n) is 3.10. The SMILES string of the molecule is O=C(NCc1ccc(Cl)cc1F)[C@]1(F)CC[C@@](O)(CO)c2ncccc21. The minimum atomic E-state index is -2.44. The van der Waals surface area contributed by atoms with Crippen LogP contribution in [0, 0.1) is 5.82 Å². The Bertz CT molecular complexity index is 851. The van der Waals surface area contributed by atoms with E-state index in [4.69, 9.17) is 11.6 Å². The van der Waals surface area contributed by atoms with Gasteiger partial charge in [0.15, 0.2) is 0 Å². The Morgan fingerprint density at radius 3 is 2.81 bits per heavy atom. The highest BCUT2D eigenvalue weighted by molar-refractivity contribution is 6.30. The highest BCUT2D eigenvalue weighted by Crippen LogP contribution is 2.45. The molecule has 138 valence electrons. The number of alkyl halides is 1. The van der Waals surface area contributed by atoms with Crippen molar-refractivity contribution in [3.8, 4) is 0 Å². The van der Waals surface area contributed by atoms with Crippen molar-refractivity contribution in [1.82, 2.24) is 10.3 Å². The second-order valence-corrected chi connectivity index (χ2v) is 6.75. The Hall–Kier alpha value is -2.09. The van der Waals surface area contributed by atoms with Crippen LogP contribution in [0.5, 0.6) is 0 Å². The molecule has 3 N–H and O–H groups in total. The van der Waals surface area contributed by atoms with Gasteiger partial charge in [0, 0.05) is 28.9 Å². The number of benzene rings is 1. The minimum absolute atomic E-state index is 0.0657. The first-order valence-corrected chi connectivity index (χ1v) is 8.38. The first kappa shape index (κ1) is 18.7. The molecule has 0 radical (unpaired) electrons. The van der Waals surface area contributed by atoms with Crippen LogP contribution in [-0.2, 0) is 22.6 Å². The van der Waals surface area contributed by atoms with Gasteiger partial charge in [0.05, 0.1) is 12.3 Å². The number of rotatable bonds is 4. The van der Waals surface area contributed by atoms with Gasteiger partial charge in [-0.15, -0.1) is 0 Å².